The number of hydrogen-bond acceptors (Lipinski definition) is 5. The van der Waals surface area contributed by atoms with E-state index in [4.69, 9.17) is 19.7 Å². The molecule has 3 rings (SSSR count). The van der Waals surface area contributed by atoms with Crippen LogP contribution in [0.5, 0.6) is 11.5 Å². The van der Waals surface area contributed by atoms with Gasteiger partial charge < -0.3 is 19.7 Å². The average molecular weight is 485 g/mol. The van der Waals surface area contributed by atoms with Crippen LogP contribution in [0.25, 0.3) is 0 Å². The summed E-state index contributed by atoms with van der Waals surface area (Å²) >= 11 is 0. The lowest BCUT2D eigenvalue weighted by atomic mass is 9.93. The summed E-state index contributed by atoms with van der Waals surface area (Å²) < 4.78 is 11.3. The van der Waals surface area contributed by atoms with E-state index >= 15 is 0 Å². The molecule has 1 aliphatic rings. The first kappa shape index (κ1) is 26.8. The van der Waals surface area contributed by atoms with Crippen LogP contribution in [0.15, 0.2) is 71.3 Å². The molecule has 0 saturated carbocycles. The summed E-state index contributed by atoms with van der Waals surface area (Å²) in [6.07, 6.45) is 7.18. The highest BCUT2D eigenvalue weighted by atomic mass is 16.5. The molecule has 0 aromatic heterocycles. The first-order valence-corrected chi connectivity index (χ1v) is 12.3. The first-order valence-electron chi connectivity index (χ1n) is 12.3. The molecule has 36 heavy (non-hydrogen) atoms. The number of rotatable bonds is 11. The van der Waals surface area contributed by atoms with Crippen LogP contribution in [0, 0.1) is 23.7 Å². The molecule has 5 heteroatoms. The number of carbonyl (C=O) groups excluding carboxylic acids is 1. The number of aliphatic hydroxyl groups is 2. The second kappa shape index (κ2) is 15.3. The second-order valence-corrected chi connectivity index (χ2v) is 8.33. The van der Waals surface area contributed by atoms with Gasteiger partial charge in [0.15, 0.2) is 6.29 Å². The van der Waals surface area contributed by atoms with Crippen LogP contribution in [-0.4, -0.2) is 42.9 Å². The number of ether oxygens (including phenoxy) is 2. The van der Waals surface area contributed by atoms with Crippen molar-refractivity contribution >= 4 is 6.29 Å². The van der Waals surface area contributed by atoms with E-state index in [-0.39, 0.29) is 13.2 Å². The molecule has 0 bridgehead atoms. The first-order chi connectivity index (χ1) is 17.7. The third-order valence-corrected chi connectivity index (χ3v) is 5.53. The summed E-state index contributed by atoms with van der Waals surface area (Å²) in [5.74, 6) is 14.2. The van der Waals surface area contributed by atoms with Crippen LogP contribution < -0.4 is 9.47 Å². The Balaban J connectivity index is 1.59. The zero-order valence-corrected chi connectivity index (χ0v) is 20.5. The maximum atomic E-state index is 11.7. The monoisotopic (exact) mass is 484 g/mol. The standard InChI is InChI=1S/C31H32O5/c32-19-1-3-21-35-30-15-9-25(10-16-30)5-6-27-8-14-28(29(23-27)24-34)13-7-26-11-17-31(18-12-26)36-22-4-2-20-33/h9-12,15-18,23-24,32-33H,1-4,8,14,19-22H2. The fraction of sp³-hybridized carbons (Fsp3) is 0.323. The molecule has 0 atom stereocenters. The molecule has 0 fully saturated rings. The molecule has 0 spiro atoms. The Morgan fingerprint density at radius 2 is 1.22 bits per heavy atom. The lowest BCUT2D eigenvalue weighted by Gasteiger charge is -2.10. The van der Waals surface area contributed by atoms with Gasteiger partial charge in [-0.25, -0.2) is 0 Å². The van der Waals surface area contributed by atoms with E-state index in [1.165, 1.54) is 0 Å². The molecule has 1 aliphatic carbocycles. The number of allylic oxidation sites excluding steroid dienone is 4. The Morgan fingerprint density at radius 3 is 1.72 bits per heavy atom. The molecule has 0 saturated heterocycles. The van der Waals surface area contributed by atoms with Gasteiger partial charge in [0.2, 0.25) is 0 Å². The number of aldehydes is 1. The van der Waals surface area contributed by atoms with Crippen LogP contribution in [0.2, 0.25) is 0 Å². The summed E-state index contributed by atoms with van der Waals surface area (Å²) in [5, 5.41) is 17.6. The van der Waals surface area contributed by atoms with Gasteiger partial charge in [-0.05, 0) is 93.1 Å². The normalized spacial score (nSPS) is 12.6. The smallest absolute Gasteiger partial charge is 0.151 e. The van der Waals surface area contributed by atoms with Gasteiger partial charge in [-0.3, -0.25) is 4.79 Å². The van der Waals surface area contributed by atoms with E-state index in [0.717, 1.165) is 72.2 Å². The Kier molecular flexibility index (Phi) is 11.4. The second-order valence-electron chi connectivity index (χ2n) is 8.33. The van der Waals surface area contributed by atoms with Gasteiger partial charge in [0, 0.05) is 41.1 Å². The molecule has 0 heterocycles. The highest BCUT2D eigenvalue weighted by Crippen LogP contribution is 2.23. The van der Waals surface area contributed by atoms with Crippen LogP contribution in [0.3, 0.4) is 0 Å². The third-order valence-electron chi connectivity index (χ3n) is 5.53. The van der Waals surface area contributed by atoms with Gasteiger partial charge in [0.1, 0.15) is 11.5 Å². The number of hydrogen-bond donors (Lipinski definition) is 2. The Hall–Kier alpha value is -3.77. The zero-order valence-electron chi connectivity index (χ0n) is 20.5. The SMILES string of the molecule is O=CC1=C(C#Cc2ccc(OCCCCO)cc2)CCC(C#Cc2ccc(OCCCCO)cc2)=C1. The molecule has 0 radical (unpaired) electrons. The molecule has 5 nitrogen and oxygen atoms in total. The minimum absolute atomic E-state index is 0.178. The molecule has 0 aliphatic heterocycles. The molecule has 2 N–H and O–H groups in total. The van der Waals surface area contributed by atoms with Gasteiger partial charge in [0.25, 0.3) is 0 Å². The zero-order chi connectivity index (χ0) is 25.4. The van der Waals surface area contributed by atoms with Gasteiger partial charge in [-0.2, -0.15) is 0 Å². The molecular weight excluding hydrogens is 452 g/mol. The third kappa shape index (κ3) is 9.12. The Morgan fingerprint density at radius 1 is 0.694 bits per heavy atom. The fourth-order valence-electron chi connectivity index (χ4n) is 3.47. The summed E-state index contributed by atoms with van der Waals surface area (Å²) in [6, 6.07) is 15.2. The van der Waals surface area contributed by atoms with Crippen molar-refractivity contribution in [3.63, 3.8) is 0 Å². The van der Waals surface area contributed by atoms with Crippen molar-refractivity contribution in [1.29, 1.82) is 0 Å². The predicted octanol–water partition coefficient (Wildman–Crippen LogP) is 4.61. The molecule has 2 aromatic carbocycles. The van der Waals surface area contributed by atoms with Crippen molar-refractivity contribution in [2.24, 2.45) is 0 Å². The van der Waals surface area contributed by atoms with Crippen LogP contribution in [-0.2, 0) is 4.79 Å². The molecule has 0 amide bonds. The van der Waals surface area contributed by atoms with E-state index in [1.54, 1.807) is 0 Å². The highest BCUT2D eigenvalue weighted by Gasteiger charge is 2.10. The molecule has 2 aromatic rings. The van der Waals surface area contributed by atoms with Gasteiger partial charge in [0.05, 0.1) is 13.2 Å². The van der Waals surface area contributed by atoms with Crippen molar-refractivity contribution in [2.75, 3.05) is 26.4 Å². The predicted molar refractivity (Wildman–Crippen MR) is 141 cm³/mol. The van der Waals surface area contributed by atoms with Gasteiger partial charge in [-0.1, -0.05) is 23.7 Å². The van der Waals surface area contributed by atoms with E-state index < -0.39 is 0 Å². The maximum absolute atomic E-state index is 11.7. The highest BCUT2D eigenvalue weighted by molar-refractivity contribution is 5.82. The topological polar surface area (TPSA) is 76.0 Å². The lowest BCUT2D eigenvalue weighted by Crippen LogP contribution is -1.99. The molecular formula is C31H32O5. The van der Waals surface area contributed by atoms with Crippen LogP contribution in [0.1, 0.15) is 49.7 Å². The maximum Gasteiger partial charge on any atom is 0.151 e. The van der Waals surface area contributed by atoms with Gasteiger partial charge in [-0.15, -0.1) is 0 Å². The fourth-order valence-corrected chi connectivity index (χ4v) is 3.47. The van der Waals surface area contributed by atoms with Crippen molar-refractivity contribution in [3.8, 4) is 35.2 Å². The van der Waals surface area contributed by atoms with E-state index in [1.807, 2.05) is 54.6 Å². The number of unbranched alkanes of at least 4 members (excludes halogenated alkanes) is 2. The average Bonchev–Trinajstić information content (AvgIpc) is 2.92. The summed E-state index contributed by atoms with van der Waals surface area (Å²) in [4.78, 5) is 11.7. The quantitative estimate of drug-likeness (QED) is 0.277. The molecule has 0 unspecified atom stereocenters. The number of benzene rings is 2. The molecule has 186 valence electrons. The Labute approximate surface area is 213 Å². The minimum Gasteiger partial charge on any atom is -0.494 e. The van der Waals surface area contributed by atoms with Crippen LogP contribution >= 0.6 is 0 Å². The number of carbonyl (C=O) groups is 1. The summed E-state index contributed by atoms with van der Waals surface area (Å²) in [7, 11) is 0. The van der Waals surface area contributed by atoms with Crippen molar-refractivity contribution in [1.82, 2.24) is 0 Å². The van der Waals surface area contributed by atoms with E-state index in [0.29, 0.717) is 25.2 Å². The number of aliphatic hydroxyl groups excluding tert-OH is 2. The van der Waals surface area contributed by atoms with E-state index in [2.05, 4.69) is 23.7 Å². The van der Waals surface area contributed by atoms with Crippen molar-refractivity contribution in [2.45, 2.75) is 38.5 Å². The largest absolute Gasteiger partial charge is 0.494 e. The van der Waals surface area contributed by atoms with Crippen LogP contribution in [0.4, 0.5) is 0 Å². The lowest BCUT2D eigenvalue weighted by molar-refractivity contribution is -0.104. The van der Waals surface area contributed by atoms with Crippen molar-refractivity contribution < 1.29 is 24.5 Å². The summed E-state index contributed by atoms with van der Waals surface area (Å²) in [6.45, 7) is 1.51. The van der Waals surface area contributed by atoms with Crippen molar-refractivity contribution in [3.05, 3.63) is 82.5 Å². The minimum atomic E-state index is 0.178. The van der Waals surface area contributed by atoms with Gasteiger partial charge >= 0.3 is 0 Å². The van der Waals surface area contributed by atoms with E-state index in [9.17, 15) is 4.79 Å². The summed E-state index contributed by atoms with van der Waals surface area (Å²) in [5.41, 5.74) is 4.04. The Bertz CT molecular complexity index is 1170.